The minimum Gasteiger partial charge on any atom is -0.340 e. The van der Waals surface area contributed by atoms with E-state index >= 15 is 0 Å². The molecule has 0 saturated heterocycles. The predicted molar refractivity (Wildman–Crippen MR) is 65.1 cm³/mol. The lowest BCUT2D eigenvalue weighted by atomic mass is 10.4. The fourth-order valence-corrected chi connectivity index (χ4v) is 1.22. The molecular weight excluding hydrogens is 226 g/mol. The predicted octanol–water partition coefficient (Wildman–Crippen LogP) is -0.00410. The molecule has 2 amide bonds. The number of thiol groups is 1. The first-order chi connectivity index (χ1) is 7.59. The molecule has 2 N–H and O–H groups in total. The van der Waals surface area contributed by atoms with E-state index in [1.807, 2.05) is 17.8 Å². The number of imidazole rings is 1. The average molecular weight is 243 g/mol. The summed E-state index contributed by atoms with van der Waals surface area (Å²) in [5.74, 6) is 0. The summed E-state index contributed by atoms with van der Waals surface area (Å²) in [6, 6.07) is -0.206. The van der Waals surface area contributed by atoms with Crippen molar-refractivity contribution in [1.29, 1.82) is 0 Å². The van der Waals surface area contributed by atoms with Gasteiger partial charge in [0.25, 0.3) is 0 Å². The third kappa shape index (κ3) is 4.54. The minimum absolute atomic E-state index is 0.206. The molecule has 1 aromatic rings. The van der Waals surface area contributed by atoms with Gasteiger partial charge in [-0.25, -0.2) is 9.78 Å². The number of nitrogens with zero attached hydrogens (tertiary/aromatic N) is 3. The van der Waals surface area contributed by atoms with Gasteiger partial charge in [-0.15, -0.1) is 0 Å². The Balaban J connectivity index is 2.06. The molecule has 0 saturated carbocycles. The van der Waals surface area contributed by atoms with Crippen LogP contribution in [0.3, 0.4) is 0 Å². The quantitative estimate of drug-likeness (QED) is 0.504. The third-order valence-electron chi connectivity index (χ3n) is 1.94. The lowest BCUT2D eigenvalue weighted by Gasteiger charge is -2.10. The Morgan fingerprint density at radius 2 is 2.38 bits per heavy atom. The molecule has 0 atom stereocenters. The van der Waals surface area contributed by atoms with E-state index in [-0.39, 0.29) is 6.03 Å². The number of rotatable bonds is 5. The lowest BCUT2D eigenvalue weighted by Crippen LogP contribution is -2.36. The average Bonchev–Trinajstić information content (AvgIpc) is 2.63. The number of carbonyl (C=O) groups excluding carboxylic acids is 1. The Morgan fingerprint density at radius 3 is 2.94 bits per heavy atom. The standard InChI is InChI=1S/C9H17N5OS/c1-13-6-8(12-7-13)5-10-3-4-11-9(15)14(2)16/h6-7,10,16H,3-5H2,1-2H3,(H,11,15). The molecule has 0 bridgehead atoms. The van der Waals surface area contributed by atoms with Crippen molar-refractivity contribution in [3.63, 3.8) is 0 Å². The second-order valence-corrected chi connectivity index (χ2v) is 4.06. The highest BCUT2D eigenvalue weighted by molar-refractivity contribution is 7.78. The van der Waals surface area contributed by atoms with Gasteiger partial charge in [0.15, 0.2) is 0 Å². The van der Waals surface area contributed by atoms with Gasteiger partial charge in [0.2, 0.25) is 0 Å². The largest absolute Gasteiger partial charge is 0.340 e. The number of hydrogen-bond acceptors (Lipinski definition) is 4. The fourth-order valence-electron chi connectivity index (χ4n) is 1.15. The van der Waals surface area contributed by atoms with Crippen molar-refractivity contribution in [3.8, 4) is 0 Å². The Kier molecular flexibility index (Phi) is 5.13. The zero-order valence-corrected chi connectivity index (χ0v) is 10.4. The number of amides is 2. The maximum Gasteiger partial charge on any atom is 0.326 e. The smallest absolute Gasteiger partial charge is 0.326 e. The molecule has 0 aliphatic rings. The van der Waals surface area contributed by atoms with Gasteiger partial charge < -0.3 is 15.2 Å². The van der Waals surface area contributed by atoms with E-state index in [4.69, 9.17) is 0 Å². The minimum atomic E-state index is -0.206. The number of aromatic nitrogens is 2. The normalized spacial score (nSPS) is 10.2. The van der Waals surface area contributed by atoms with Crippen LogP contribution in [0.2, 0.25) is 0 Å². The Bertz CT molecular complexity index is 338. The second-order valence-electron chi connectivity index (χ2n) is 3.46. The van der Waals surface area contributed by atoms with Gasteiger partial charge >= 0.3 is 6.03 Å². The van der Waals surface area contributed by atoms with Crippen molar-refractivity contribution in [2.24, 2.45) is 7.05 Å². The van der Waals surface area contributed by atoms with Crippen LogP contribution in [0.15, 0.2) is 12.5 Å². The molecular formula is C9H17N5OS. The molecule has 0 spiro atoms. The summed E-state index contributed by atoms with van der Waals surface area (Å²) in [4.78, 5) is 15.2. The van der Waals surface area contributed by atoms with Crippen LogP contribution < -0.4 is 10.6 Å². The Morgan fingerprint density at radius 1 is 1.62 bits per heavy atom. The molecule has 7 heteroatoms. The van der Waals surface area contributed by atoms with Crippen LogP contribution in [0.1, 0.15) is 5.69 Å². The molecule has 90 valence electrons. The van der Waals surface area contributed by atoms with Crippen LogP contribution >= 0.6 is 12.8 Å². The van der Waals surface area contributed by atoms with Crippen molar-refractivity contribution >= 4 is 18.8 Å². The molecule has 0 aliphatic heterocycles. The van der Waals surface area contributed by atoms with E-state index in [0.717, 1.165) is 5.69 Å². The maximum atomic E-state index is 11.1. The summed E-state index contributed by atoms with van der Waals surface area (Å²) in [5, 5.41) is 5.87. The second kappa shape index (κ2) is 6.39. The number of urea groups is 1. The molecule has 16 heavy (non-hydrogen) atoms. The van der Waals surface area contributed by atoms with Crippen LogP contribution in [0.5, 0.6) is 0 Å². The van der Waals surface area contributed by atoms with Crippen molar-refractivity contribution < 1.29 is 4.79 Å². The van der Waals surface area contributed by atoms with E-state index < -0.39 is 0 Å². The molecule has 1 rings (SSSR count). The van der Waals surface area contributed by atoms with E-state index in [9.17, 15) is 4.79 Å². The zero-order valence-electron chi connectivity index (χ0n) is 9.47. The molecule has 6 nitrogen and oxygen atoms in total. The molecule has 0 aliphatic carbocycles. The van der Waals surface area contributed by atoms with Gasteiger partial charge in [-0.1, -0.05) is 12.8 Å². The van der Waals surface area contributed by atoms with E-state index in [1.165, 1.54) is 4.31 Å². The van der Waals surface area contributed by atoms with E-state index in [0.29, 0.717) is 19.6 Å². The highest BCUT2D eigenvalue weighted by Crippen LogP contribution is 1.92. The SMILES string of the molecule is CN(S)C(=O)NCCNCc1cn(C)cn1. The monoisotopic (exact) mass is 243 g/mol. The van der Waals surface area contributed by atoms with Crippen LogP contribution in [-0.4, -0.2) is 40.0 Å². The number of carbonyl (C=O) groups is 1. The van der Waals surface area contributed by atoms with Crippen LogP contribution in [0.4, 0.5) is 4.79 Å². The summed E-state index contributed by atoms with van der Waals surface area (Å²) in [6.07, 6.45) is 3.71. The summed E-state index contributed by atoms with van der Waals surface area (Å²) in [7, 11) is 3.51. The first-order valence-electron chi connectivity index (χ1n) is 4.97. The first kappa shape index (κ1) is 12.9. The maximum absolute atomic E-state index is 11.1. The summed E-state index contributed by atoms with van der Waals surface area (Å²) in [5.41, 5.74) is 0.986. The zero-order chi connectivity index (χ0) is 12.0. The molecule has 1 heterocycles. The lowest BCUT2D eigenvalue weighted by molar-refractivity contribution is 0.231. The molecule has 0 unspecified atom stereocenters. The van der Waals surface area contributed by atoms with Gasteiger partial charge in [0.1, 0.15) is 0 Å². The highest BCUT2D eigenvalue weighted by atomic mass is 32.1. The van der Waals surface area contributed by atoms with Crippen molar-refractivity contribution in [1.82, 2.24) is 24.5 Å². The molecule has 0 aromatic carbocycles. The van der Waals surface area contributed by atoms with Crippen molar-refractivity contribution in [2.45, 2.75) is 6.54 Å². The van der Waals surface area contributed by atoms with Gasteiger partial charge in [0.05, 0.1) is 12.0 Å². The Labute approximate surface area is 101 Å². The summed E-state index contributed by atoms with van der Waals surface area (Å²) < 4.78 is 3.10. The highest BCUT2D eigenvalue weighted by Gasteiger charge is 2.01. The fraction of sp³-hybridized carbons (Fsp3) is 0.556. The van der Waals surface area contributed by atoms with Gasteiger partial charge in [-0.2, -0.15) is 0 Å². The number of hydrogen-bond donors (Lipinski definition) is 3. The van der Waals surface area contributed by atoms with Crippen molar-refractivity contribution in [2.75, 3.05) is 20.1 Å². The van der Waals surface area contributed by atoms with Crippen LogP contribution in [0.25, 0.3) is 0 Å². The topological polar surface area (TPSA) is 62.2 Å². The molecule has 1 aromatic heterocycles. The van der Waals surface area contributed by atoms with Crippen molar-refractivity contribution in [3.05, 3.63) is 18.2 Å². The van der Waals surface area contributed by atoms with Crippen LogP contribution in [0, 0.1) is 0 Å². The van der Waals surface area contributed by atoms with Crippen LogP contribution in [-0.2, 0) is 13.6 Å². The third-order valence-corrected chi connectivity index (χ3v) is 2.12. The van der Waals surface area contributed by atoms with Gasteiger partial charge in [-0.05, 0) is 0 Å². The van der Waals surface area contributed by atoms with Gasteiger partial charge in [0, 0.05) is 39.9 Å². The number of nitrogens with one attached hydrogen (secondary N) is 2. The number of aryl methyl sites for hydroxylation is 1. The van der Waals surface area contributed by atoms with Gasteiger partial charge in [-0.3, -0.25) is 4.31 Å². The summed E-state index contributed by atoms with van der Waals surface area (Å²) in [6.45, 7) is 1.97. The van der Waals surface area contributed by atoms with E-state index in [1.54, 1.807) is 13.4 Å². The first-order valence-corrected chi connectivity index (χ1v) is 5.37. The molecule has 0 fully saturated rings. The molecule has 0 radical (unpaired) electrons. The van der Waals surface area contributed by atoms with E-state index in [2.05, 4.69) is 28.4 Å². The Hall–Kier alpha value is -1.21. The summed E-state index contributed by atoms with van der Waals surface area (Å²) >= 11 is 3.87.